The van der Waals surface area contributed by atoms with Crippen LogP contribution in [0.2, 0.25) is 0 Å². The highest BCUT2D eigenvalue weighted by atomic mass is 19.4. The third-order valence-corrected chi connectivity index (χ3v) is 3.65. The van der Waals surface area contributed by atoms with Crippen LogP contribution in [-0.2, 0) is 12.8 Å². The van der Waals surface area contributed by atoms with E-state index in [2.05, 4.69) is 0 Å². The highest BCUT2D eigenvalue weighted by Crippen LogP contribution is 2.40. The fourth-order valence-electron chi connectivity index (χ4n) is 2.72. The number of hydrogen-bond donors (Lipinski definition) is 1. The number of rotatable bonds is 2. The van der Waals surface area contributed by atoms with Crippen molar-refractivity contribution < 1.29 is 18.3 Å². The predicted octanol–water partition coefficient (Wildman–Crippen LogP) is 5.27. The molecule has 0 radical (unpaired) electrons. The average Bonchev–Trinajstić information content (AvgIpc) is 2.48. The van der Waals surface area contributed by atoms with E-state index in [4.69, 9.17) is 5.11 Å². The lowest BCUT2D eigenvalue weighted by Crippen LogP contribution is -2.14. The van der Waals surface area contributed by atoms with Gasteiger partial charge in [-0.3, -0.25) is 0 Å². The van der Waals surface area contributed by atoms with Crippen LogP contribution in [0.25, 0.3) is 0 Å². The minimum Gasteiger partial charge on any atom is -0.392 e. The monoisotopic (exact) mass is 288 g/mol. The number of hydrogen-bond acceptors (Lipinski definition) is 1. The lowest BCUT2D eigenvalue weighted by atomic mass is 9.81. The van der Waals surface area contributed by atoms with Crippen LogP contribution in [0, 0.1) is 0 Å². The molecule has 0 heterocycles. The molecule has 1 aliphatic carbocycles. The Morgan fingerprint density at radius 2 is 1.70 bits per heavy atom. The first-order chi connectivity index (χ1) is 9.52. The Balaban J connectivity index is 0.000000956. The summed E-state index contributed by atoms with van der Waals surface area (Å²) in [4.78, 5) is 0. The van der Waals surface area contributed by atoms with E-state index in [0.29, 0.717) is 11.1 Å². The van der Waals surface area contributed by atoms with E-state index in [1.807, 2.05) is 13.8 Å². The summed E-state index contributed by atoms with van der Waals surface area (Å²) in [5.41, 5.74) is 0.155. The van der Waals surface area contributed by atoms with Crippen LogP contribution in [0.4, 0.5) is 13.2 Å². The Morgan fingerprint density at radius 3 is 2.20 bits per heavy atom. The molecule has 2 rings (SSSR count). The van der Waals surface area contributed by atoms with E-state index in [1.54, 1.807) is 12.1 Å². The highest BCUT2D eigenvalue weighted by molar-refractivity contribution is 5.36. The van der Waals surface area contributed by atoms with Crippen molar-refractivity contribution in [2.45, 2.75) is 64.7 Å². The van der Waals surface area contributed by atoms with Gasteiger partial charge in [-0.2, -0.15) is 13.2 Å². The van der Waals surface area contributed by atoms with E-state index in [0.717, 1.165) is 38.2 Å². The van der Waals surface area contributed by atoms with E-state index in [9.17, 15) is 13.2 Å². The minimum absolute atomic E-state index is 0.0168. The van der Waals surface area contributed by atoms with Crippen molar-refractivity contribution in [2.24, 2.45) is 0 Å². The van der Waals surface area contributed by atoms with Crippen LogP contribution < -0.4 is 0 Å². The van der Waals surface area contributed by atoms with Crippen molar-refractivity contribution in [3.63, 3.8) is 0 Å². The molecule has 0 aromatic heterocycles. The van der Waals surface area contributed by atoms with Crippen LogP contribution >= 0.6 is 0 Å². The van der Waals surface area contributed by atoms with Gasteiger partial charge < -0.3 is 5.11 Å². The lowest BCUT2D eigenvalue weighted by molar-refractivity contribution is -0.138. The summed E-state index contributed by atoms with van der Waals surface area (Å²) < 4.78 is 39.1. The quantitative estimate of drug-likeness (QED) is 0.785. The topological polar surface area (TPSA) is 20.2 Å². The van der Waals surface area contributed by atoms with Crippen molar-refractivity contribution in [2.75, 3.05) is 0 Å². The Hall–Kier alpha value is -1.03. The van der Waals surface area contributed by atoms with Gasteiger partial charge in [0.2, 0.25) is 0 Å². The molecule has 1 aromatic rings. The number of benzene rings is 1. The standard InChI is InChI=1S/C14H17F3O.C2H6/c15-14(16,17)13-8-10(9-18)6-7-12(13)11-4-2-1-3-5-11;1-2/h6-8,11,18H,1-5,9H2;1-2H3. The van der Waals surface area contributed by atoms with Crippen LogP contribution in [0.15, 0.2) is 18.2 Å². The molecule has 114 valence electrons. The molecule has 0 atom stereocenters. The van der Waals surface area contributed by atoms with Gasteiger partial charge in [0.15, 0.2) is 0 Å². The normalized spacial score (nSPS) is 16.5. The molecule has 4 heteroatoms. The molecule has 0 spiro atoms. The second-order valence-corrected chi connectivity index (χ2v) is 4.91. The molecule has 0 amide bonds. The zero-order valence-corrected chi connectivity index (χ0v) is 12.1. The van der Waals surface area contributed by atoms with Gasteiger partial charge >= 0.3 is 6.18 Å². The fraction of sp³-hybridized carbons (Fsp3) is 0.625. The molecular weight excluding hydrogens is 265 g/mol. The largest absolute Gasteiger partial charge is 0.416 e. The van der Waals surface area contributed by atoms with E-state index >= 15 is 0 Å². The fourth-order valence-corrected chi connectivity index (χ4v) is 2.72. The first-order valence-electron chi connectivity index (χ1n) is 7.33. The van der Waals surface area contributed by atoms with E-state index in [-0.39, 0.29) is 12.5 Å². The van der Waals surface area contributed by atoms with Crippen LogP contribution in [0.1, 0.15) is 68.6 Å². The Labute approximate surface area is 118 Å². The lowest BCUT2D eigenvalue weighted by Gasteiger charge is -2.25. The van der Waals surface area contributed by atoms with Gasteiger partial charge in [-0.25, -0.2) is 0 Å². The summed E-state index contributed by atoms with van der Waals surface area (Å²) in [6, 6.07) is 4.23. The van der Waals surface area contributed by atoms with Gasteiger partial charge in [0.05, 0.1) is 12.2 Å². The summed E-state index contributed by atoms with van der Waals surface area (Å²) in [5.74, 6) is 0.0168. The van der Waals surface area contributed by atoms with Crippen LogP contribution in [-0.4, -0.2) is 5.11 Å². The van der Waals surface area contributed by atoms with Crippen molar-refractivity contribution in [1.82, 2.24) is 0 Å². The van der Waals surface area contributed by atoms with Crippen molar-refractivity contribution >= 4 is 0 Å². The zero-order valence-electron chi connectivity index (χ0n) is 12.1. The number of alkyl halides is 3. The van der Waals surface area contributed by atoms with Gasteiger partial charge in [-0.1, -0.05) is 45.2 Å². The molecule has 1 fully saturated rings. The number of aliphatic hydroxyl groups excluding tert-OH is 1. The average molecular weight is 288 g/mol. The predicted molar refractivity (Wildman–Crippen MR) is 74.5 cm³/mol. The molecule has 1 N–H and O–H groups in total. The van der Waals surface area contributed by atoms with Gasteiger partial charge in [0.1, 0.15) is 0 Å². The van der Waals surface area contributed by atoms with Gasteiger partial charge in [0, 0.05) is 0 Å². The third kappa shape index (κ3) is 4.23. The maximum atomic E-state index is 13.0. The molecule has 1 nitrogen and oxygen atoms in total. The first-order valence-corrected chi connectivity index (χ1v) is 7.33. The molecule has 0 aliphatic heterocycles. The zero-order chi connectivity index (χ0) is 15.2. The Kier molecular flexibility index (Phi) is 6.53. The molecule has 1 saturated carbocycles. The first kappa shape index (κ1) is 17.0. The van der Waals surface area contributed by atoms with E-state index in [1.165, 1.54) is 0 Å². The molecule has 1 aromatic carbocycles. The number of halogens is 3. The summed E-state index contributed by atoms with van der Waals surface area (Å²) in [7, 11) is 0. The van der Waals surface area contributed by atoms with Gasteiger partial charge in [0.25, 0.3) is 0 Å². The van der Waals surface area contributed by atoms with Crippen molar-refractivity contribution in [3.8, 4) is 0 Å². The molecule has 1 aliphatic rings. The molecule has 0 bridgehead atoms. The minimum atomic E-state index is -4.34. The third-order valence-electron chi connectivity index (χ3n) is 3.65. The van der Waals surface area contributed by atoms with Crippen molar-refractivity contribution in [3.05, 3.63) is 34.9 Å². The molecule has 0 unspecified atom stereocenters. The van der Waals surface area contributed by atoms with E-state index < -0.39 is 11.7 Å². The summed E-state index contributed by atoms with van der Waals surface area (Å²) in [5, 5.41) is 8.96. The van der Waals surface area contributed by atoms with Crippen LogP contribution in [0.3, 0.4) is 0 Å². The van der Waals surface area contributed by atoms with Crippen LogP contribution in [0.5, 0.6) is 0 Å². The molecule has 20 heavy (non-hydrogen) atoms. The van der Waals surface area contributed by atoms with Crippen molar-refractivity contribution in [1.29, 1.82) is 0 Å². The van der Waals surface area contributed by atoms with Gasteiger partial charge in [-0.05, 0) is 36.0 Å². The second-order valence-electron chi connectivity index (χ2n) is 4.91. The second kappa shape index (κ2) is 7.67. The summed E-state index contributed by atoms with van der Waals surface area (Å²) in [6.45, 7) is 3.65. The maximum Gasteiger partial charge on any atom is 0.416 e. The molecular formula is C16H23F3O. The number of aliphatic hydroxyl groups is 1. The highest BCUT2D eigenvalue weighted by Gasteiger charge is 2.35. The molecule has 0 saturated heterocycles. The maximum absolute atomic E-state index is 13.0. The summed E-state index contributed by atoms with van der Waals surface area (Å²) in [6.07, 6.45) is 0.459. The van der Waals surface area contributed by atoms with Gasteiger partial charge in [-0.15, -0.1) is 0 Å². The Morgan fingerprint density at radius 1 is 1.10 bits per heavy atom. The SMILES string of the molecule is CC.OCc1ccc(C2CCCCC2)c(C(F)(F)F)c1. The summed E-state index contributed by atoms with van der Waals surface area (Å²) >= 11 is 0. The Bertz CT molecular complexity index is 407. The smallest absolute Gasteiger partial charge is 0.392 e.